The molecular formula is C68H44. The van der Waals surface area contributed by atoms with E-state index >= 15 is 0 Å². The van der Waals surface area contributed by atoms with Crippen LogP contribution in [0.2, 0.25) is 0 Å². The second-order valence-corrected chi connectivity index (χ2v) is 19.1. The Kier molecular flexibility index (Phi) is 8.12. The van der Waals surface area contributed by atoms with E-state index in [2.05, 4.69) is 218 Å². The summed E-state index contributed by atoms with van der Waals surface area (Å²) in [5.74, 6) is 0. The standard InChI is InChI=1S/C68H44/c1-4-18-41(19-5-1)47-25-12-15-29-52(47)65-60-40-58-51-28-14-13-27-50(51)53-30-16-32-55(63(53)58)66(60)62(44-23-8-3-9-24-44)68-59-38-45-34-35-46(39-57(45)54-31-17-33-56(64(54)59)67(65)68)61-48-26-11-10-22-43(48)36-37-49(61)42-20-6-2-7-21-42/h1-4,6-15,17-18,20-31,33-40H,5,16,19,32H2. The van der Waals surface area contributed by atoms with Crippen LogP contribution < -0.4 is 5.22 Å². The fraction of sp³-hybridized carbons (Fsp3) is 0.0588. The summed E-state index contributed by atoms with van der Waals surface area (Å²) in [6.07, 6.45) is 13.6. The van der Waals surface area contributed by atoms with Crippen molar-refractivity contribution in [3.8, 4) is 44.5 Å². The van der Waals surface area contributed by atoms with E-state index in [0.717, 1.165) is 25.7 Å². The molecule has 2 aliphatic carbocycles. The molecule has 13 aromatic rings. The average molecular weight is 861 g/mol. The monoisotopic (exact) mass is 860 g/mol. The zero-order chi connectivity index (χ0) is 44.5. The van der Waals surface area contributed by atoms with Gasteiger partial charge in [-0.15, -0.1) is 0 Å². The van der Waals surface area contributed by atoms with Gasteiger partial charge >= 0.3 is 0 Å². The molecule has 0 fully saturated rings. The number of rotatable bonds is 5. The van der Waals surface area contributed by atoms with Crippen LogP contribution in [0.3, 0.4) is 0 Å². The van der Waals surface area contributed by atoms with Gasteiger partial charge in [-0.1, -0.05) is 200 Å². The SMILES string of the molecule is C1=CCCC(c2ccccc2-c2c3cc4c5c(c3c(-c3ccccc3)c3c6cc7ccc(-c8c(-c9ccccc9)ccc9ccccc89)cc7c7cccc(c23)c76)CCC=c5c2ccccc24)=C1. The lowest BCUT2D eigenvalue weighted by molar-refractivity contribution is 1.05. The van der Waals surface area contributed by atoms with Crippen LogP contribution >= 0.6 is 0 Å². The molecule has 0 heteroatoms. The van der Waals surface area contributed by atoms with E-state index < -0.39 is 0 Å². The third-order valence-corrected chi connectivity index (χ3v) is 15.7. The first-order valence-electron chi connectivity index (χ1n) is 24.4. The predicted octanol–water partition coefficient (Wildman–Crippen LogP) is 18.2. The summed E-state index contributed by atoms with van der Waals surface area (Å²) < 4.78 is 0. The van der Waals surface area contributed by atoms with Gasteiger partial charge in [0.2, 0.25) is 0 Å². The lowest BCUT2D eigenvalue weighted by atomic mass is 9.80. The molecule has 0 nitrogen and oxygen atoms in total. The Labute approximate surface area is 394 Å². The number of hydrogen-bond acceptors (Lipinski definition) is 0. The van der Waals surface area contributed by atoms with E-state index in [0.29, 0.717) is 0 Å². The van der Waals surface area contributed by atoms with E-state index in [9.17, 15) is 0 Å². The molecule has 0 aliphatic heterocycles. The van der Waals surface area contributed by atoms with Gasteiger partial charge < -0.3 is 0 Å². The van der Waals surface area contributed by atoms with E-state index in [4.69, 9.17) is 0 Å². The summed E-state index contributed by atoms with van der Waals surface area (Å²) >= 11 is 0. The normalized spacial score (nSPS) is 13.8. The summed E-state index contributed by atoms with van der Waals surface area (Å²) in [7, 11) is 0. The number of allylic oxidation sites excluding steroid dienone is 4. The molecule has 0 radical (unpaired) electrons. The zero-order valence-corrected chi connectivity index (χ0v) is 37.6. The summed E-state index contributed by atoms with van der Waals surface area (Å²) in [5, 5.41) is 22.8. The fourth-order valence-corrected chi connectivity index (χ4v) is 12.9. The van der Waals surface area contributed by atoms with E-state index in [1.54, 1.807) is 0 Å². The minimum absolute atomic E-state index is 1.01. The van der Waals surface area contributed by atoms with Crippen molar-refractivity contribution in [3.63, 3.8) is 0 Å². The molecular weight excluding hydrogens is 817 g/mol. The highest BCUT2D eigenvalue weighted by molar-refractivity contribution is 6.43. The third-order valence-electron chi connectivity index (χ3n) is 15.7. The largest absolute Gasteiger partial charge is 0.0842 e. The van der Waals surface area contributed by atoms with Crippen molar-refractivity contribution in [2.75, 3.05) is 0 Å². The van der Waals surface area contributed by atoms with Crippen LogP contribution in [-0.2, 0) is 6.42 Å². The summed E-state index contributed by atoms with van der Waals surface area (Å²) in [4.78, 5) is 0. The molecule has 0 amide bonds. The van der Waals surface area contributed by atoms with Crippen LogP contribution in [0.25, 0.3) is 142 Å². The molecule has 0 unspecified atom stereocenters. The Bertz CT molecular complexity index is 4390. The van der Waals surface area contributed by atoms with Crippen LogP contribution in [0.4, 0.5) is 0 Å². The van der Waals surface area contributed by atoms with Crippen LogP contribution in [0.5, 0.6) is 0 Å². The first-order valence-corrected chi connectivity index (χ1v) is 24.4. The maximum atomic E-state index is 2.60. The molecule has 0 spiro atoms. The molecule has 0 aromatic heterocycles. The summed E-state index contributed by atoms with van der Waals surface area (Å²) in [6, 6.07) is 73.7. The fourth-order valence-electron chi connectivity index (χ4n) is 12.9. The first-order chi connectivity index (χ1) is 33.8. The number of benzene rings is 11. The maximum Gasteiger partial charge on any atom is -0.000708 e. The Balaban J connectivity index is 1.15. The third kappa shape index (κ3) is 5.32. The quantitative estimate of drug-likeness (QED) is 0.151. The molecule has 0 atom stereocenters. The molecule has 0 heterocycles. The number of fused-ring (bicyclic) bond motifs is 11. The number of aryl methyl sites for hydroxylation is 1. The second-order valence-electron chi connectivity index (χ2n) is 19.1. The highest BCUT2D eigenvalue weighted by Crippen LogP contribution is 2.55. The van der Waals surface area contributed by atoms with Crippen molar-refractivity contribution in [1.82, 2.24) is 0 Å². The summed E-state index contributed by atoms with van der Waals surface area (Å²) in [5.41, 5.74) is 14.6. The molecule has 13 aromatic carbocycles. The first kappa shape index (κ1) is 37.9. The van der Waals surface area contributed by atoms with E-state index in [1.807, 2.05) is 0 Å². The van der Waals surface area contributed by atoms with E-state index in [-0.39, 0.29) is 0 Å². The van der Waals surface area contributed by atoms with Crippen molar-refractivity contribution < 1.29 is 0 Å². The van der Waals surface area contributed by atoms with Crippen molar-refractivity contribution in [3.05, 3.63) is 229 Å². The van der Waals surface area contributed by atoms with Crippen LogP contribution in [0, 0.1) is 0 Å². The highest BCUT2D eigenvalue weighted by Gasteiger charge is 2.29. The maximum absolute atomic E-state index is 2.60. The predicted molar refractivity (Wildman–Crippen MR) is 294 cm³/mol. The smallest absolute Gasteiger partial charge is 0.000708 e. The molecule has 15 rings (SSSR count). The van der Waals surface area contributed by atoms with Gasteiger partial charge in [0.15, 0.2) is 0 Å². The van der Waals surface area contributed by atoms with Crippen molar-refractivity contribution in [2.24, 2.45) is 0 Å². The van der Waals surface area contributed by atoms with Crippen molar-refractivity contribution in [2.45, 2.75) is 25.7 Å². The van der Waals surface area contributed by atoms with Gasteiger partial charge in [-0.2, -0.15) is 0 Å². The van der Waals surface area contributed by atoms with Gasteiger partial charge in [0.05, 0.1) is 0 Å². The molecule has 0 N–H and O–H groups in total. The Morgan fingerprint density at radius 2 is 1.01 bits per heavy atom. The van der Waals surface area contributed by atoms with Gasteiger partial charge in [0.25, 0.3) is 0 Å². The van der Waals surface area contributed by atoms with Crippen LogP contribution in [0.1, 0.15) is 30.4 Å². The topological polar surface area (TPSA) is 0 Å². The van der Waals surface area contributed by atoms with Crippen molar-refractivity contribution >= 4 is 97.8 Å². The van der Waals surface area contributed by atoms with E-state index in [1.165, 1.54) is 153 Å². The molecule has 2 aliphatic rings. The van der Waals surface area contributed by atoms with Gasteiger partial charge in [0.1, 0.15) is 0 Å². The molecule has 68 heavy (non-hydrogen) atoms. The molecule has 316 valence electrons. The minimum Gasteiger partial charge on any atom is -0.0842 e. The zero-order valence-electron chi connectivity index (χ0n) is 37.6. The van der Waals surface area contributed by atoms with Crippen molar-refractivity contribution in [1.29, 1.82) is 0 Å². The molecule has 0 saturated heterocycles. The Morgan fingerprint density at radius 1 is 0.309 bits per heavy atom. The van der Waals surface area contributed by atoms with Gasteiger partial charge in [-0.05, 0) is 196 Å². The van der Waals surface area contributed by atoms with Crippen LogP contribution in [0.15, 0.2) is 212 Å². The average Bonchev–Trinajstić information content (AvgIpc) is 3.91. The second kappa shape index (κ2) is 14.6. The van der Waals surface area contributed by atoms with Gasteiger partial charge in [0, 0.05) is 0 Å². The van der Waals surface area contributed by atoms with Gasteiger partial charge in [-0.3, -0.25) is 0 Å². The molecule has 0 bridgehead atoms. The lowest BCUT2D eigenvalue weighted by Crippen LogP contribution is -2.08. The number of hydrogen-bond donors (Lipinski definition) is 0. The van der Waals surface area contributed by atoms with Crippen LogP contribution in [-0.4, -0.2) is 0 Å². The lowest BCUT2D eigenvalue weighted by Gasteiger charge is -2.23. The molecule has 0 saturated carbocycles. The van der Waals surface area contributed by atoms with Gasteiger partial charge in [-0.25, -0.2) is 0 Å². The Morgan fingerprint density at radius 3 is 1.85 bits per heavy atom. The highest BCUT2D eigenvalue weighted by atomic mass is 14.3. The Hall–Kier alpha value is -8.32. The minimum atomic E-state index is 1.01. The summed E-state index contributed by atoms with van der Waals surface area (Å²) in [6.45, 7) is 0.